The van der Waals surface area contributed by atoms with Gasteiger partial charge in [-0.3, -0.25) is 4.79 Å². The number of benzene rings is 2. The van der Waals surface area contributed by atoms with Gasteiger partial charge in [-0.1, -0.05) is 35.9 Å². The summed E-state index contributed by atoms with van der Waals surface area (Å²) < 4.78 is 27.1. The zero-order chi connectivity index (χ0) is 19.7. The number of fused-ring (bicyclic) bond motifs is 1. The molecule has 0 aromatic heterocycles. The van der Waals surface area contributed by atoms with Gasteiger partial charge < -0.3 is 4.90 Å². The molecule has 2 aromatic rings. The molecule has 2 heterocycles. The number of carbonyl (C=O) groups is 1. The number of piperidine rings is 1. The zero-order valence-electron chi connectivity index (χ0n) is 16.2. The summed E-state index contributed by atoms with van der Waals surface area (Å²) in [4.78, 5) is 15.4. The highest BCUT2D eigenvalue weighted by Crippen LogP contribution is 2.32. The Bertz CT molecular complexity index is 965. The first-order chi connectivity index (χ1) is 13.5. The van der Waals surface area contributed by atoms with Crippen molar-refractivity contribution in [1.29, 1.82) is 0 Å². The highest BCUT2D eigenvalue weighted by molar-refractivity contribution is 7.89. The Labute approximate surface area is 167 Å². The van der Waals surface area contributed by atoms with Crippen LogP contribution in [0.3, 0.4) is 0 Å². The Hall–Kier alpha value is -2.18. The number of rotatable bonds is 3. The van der Waals surface area contributed by atoms with Gasteiger partial charge in [-0.05, 0) is 56.4 Å². The maximum absolute atomic E-state index is 13.2. The third kappa shape index (κ3) is 3.59. The summed E-state index contributed by atoms with van der Waals surface area (Å²) in [5.41, 5.74) is 3.48. The van der Waals surface area contributed by atoms with Crippen LogP contribution in [0.2, 0.25) is 0 Å². The normalized spacial score (nSPS) is 18.7. The van der Waals surface area contributed by atoms with E-state index in [0.29, 0.717) is 30.8 Å². The molecule has 2 aromatic carbocycles. The second kappa shape index (κ2) is 7.68. The largest absolute Gasteiger partial charge is 0.312 e. The Balaban J connectivity index is 1.46. The number of carbonyl (C=O) groups excluding carboxylic acids is 1. The van der Waals surface area contributed by atoms with Gasteiger partial charge in [-0.15, -0.1) is 0 Å². The third-order valence-electron chi connectivity index (χ3n) is 5.80. The third-order valence-corrected chi connectivity index (χ3v) is 7.72. The van der Waals surface area contributed by atoms with Gasteiger partial charge in [0.25, 0.3) is 0 Å². The maximum Gasteiger partial charge on any atom is 0.243 e. The Kier molecular flexibility index (Phi) is 5.25. The van der Waals surface area contributed by atoms with Gasteiger partial charge in [0.1, 0.15) is 0 Å². The predicted octanol–water partition coefficient (Wildman–Crippen LogP) is 3.38. The zero-order valence-corrected chi connectivity index (χ0v) is 17.0. The molecule has 0 atom stereocenters. The fourth-order valence-electron chi connectivity index (χ4n) is 4.26. The van der Waals surface area contributed by atoms with Crippen molar-refractivity contribution >= 4 is 21.6 Å². The van der Waals surface area contributed by atoms with Gasteiger partial charge in [0.05, 0.1) is 4.90 Å². The Morgan fingerprint density at radius 1 is 1.00 bits per heavy atom. The molecule has 1 saturated heterocycles. The van der Waals surface area contributed by atoms with Crippen molar-refractivity contribution in [2.45, 2.75) is 37.5 Å². The van der Waals surface area contributed by atoms with E-state index in [1.54, 1.807) is 24.3 Å². The van der Waals surface area contributed by atoms with Crippen LogP contribution in [-0.4, -0.2) is 38.3 Å². The lowest BCUT2D eigenvalue weighted by atomic mass is 9.93. The van der Waals surface area contributed by atoms with Crippen molar-refractivity contribution in [3.63, 3.8) is 0 Å². The summed E-state index contributed by atoms with van der Waals surface area (Å²) in [7, 11) is -3.48. The first kappa shape index (κ1) is 19.2. The fraction of sp³-hybridized carbons (Fsp3) is 0.409. The summed E-state index contributed by atoms with van der Waals surface area (Å²) in [6.07, 6.45) is 3.13. The van der Waals surface area contributed by atoms with Crippen LogP contribution in [-0.2, 0) is 21.2 Å². The minimum Gasteiger partial charge on any atom is -0.312 e. The van der Waals surface area contributed by atoms with Gasteiger partial charge in [0, 0.05) is 31.2 Å². The van der Waals surface area contributed by atoms with Crippen molar-refractivity contribution in [1.82, 2.24) is 4.31 Å². The fourth-order valence-corrected chi connectivity index (χ4v) is 5.75. The molecule has 0 N–H and O–H groups in total. The van der Waals surface area contributed by atoms with Gasteiger partial charge in [0.2, 0.25) is 15.9 Å². The predicted molar refractivity (Wildman–Crippen MR) is 110 cm³/mol. The minimum absolute atomic E-state index is 0.116. The monoisotopic (exact) mass is 398 g/mol. The van der Waals surface area contributed by atoms with Gasteiger partial charge in [0.15, 0.2) is 0 Å². The second-order valence-corrected chi connectivity index (χ2v) is 9.65. The van der Waals surface area contributed by atoms with E-state index >= 15 is 0 Å². The Morgan fingerprint density at radius 3 is 2.43 bits per heavy atom. The number of anilines is 1. The molecule has 0 radical (unpaired) electrons. The van der Waals surface area contributed by atoms with Crippen LogP contribution in [0.5, 0.6) is 0 Å². The lowest BCUT2D eigenvalue weighted by Crippen LogP contribution is -2.45. The minimum atomic E-state index is -3.48. The standard InChI is InChI=1S/C22H26N2O3S/c1-17-9-10-21-19(16-17)6-5-13-24(21)22(25)18-11-14-23(15-12-18)28(26,27)20-7-3-2-4-8-20/h2-4,7-10,16,18H,5-6,11-15H2,1H3. The number of sulfonamides is 1. The molecule has 5 nitrogen and oxygen atoms in total. The highest BCUT2D eigenvalue weighted by atomic mass is 32.2. The summed E-state index contributed by atoms with van der Waals surface area (Å²) in [5.74, 6) is 0.0241. The quantitative estimate of drug-likeness (QED) is 0.796. The SMILES string of the molecule is Cc1ccc2c(c1)CCCN2C(=O)C1CCN(S(=O)(=O)c2ccccc2)CC1. The first-order valence-corrected chi connectivity index (χ1v) is 11.4. The summed E-state index contributed by atoms with van der Waals surface area (Å²) >= 11 is 0. The molecule has 0 saturated carbocycles. The first-order valence-electron chi connectivity index (χ1n) is 9.93. The second-order valence-electron chi connectivity index (χ2n) is 7.72. The van der Waals surface area contributed by atoms with E-state index in [-0.39, 0.29) is 11.8 Å². The van der Waals surface area contributed by atoms with E-state index in [4.69, 9.17) is 0 Å². The van der Waals surface area contributed by atoms with Crippen LogP contribution < -0.4 is 4.90 Å². The van der Waals surface area contributed by atoms with Crippen LogP contribution in [0.4, 0.5) is 5.69 Å². The van der Waals surface area contributed by atoms with Gasteiger partial charge in [-0.2, -0.15) is 4.31 Å². The van der Waals surface area contributed by atoms with Gasteiger partial charge in [-0.25, -0.2) is 8.42 Å². The molecule has 4 rings (SSSR count). The molecule has 148 valence electrons. The van der Waals surface area contributed by atoms with Crippen molar-refractivity contribution in [2.75, 3.05) is 24.5 Å². The average molecular weight is 399 g/mol. The molecule has 0 aliphatic carbocycles. The lowest BCUT2D eigenvalue weighted by Gasteiger charge is -2.36. The van der Waals surface area contributed by atoms with Crippen LogP contribution in [0.1, 0.15) is 30.4 Å². The maximum atomic E-state index is 13.2. The van der Waals surface area contributed by atoms with Gasteiger partial charge >= 0.3 is 0 Å². The number of nitrogens with zero attached hydrogens (tertiary/aromatic N) is 2. The molecule has 0 bridgehead atoms. The summed E-state index contributed by atoms with van der Waals surface area (Å²) in [5, 5.41) is 0. The van der Waals surface area contributed by atoms with Crippen molar-refractivity contribution in [3.8, 4) is 0 Å². The van der Waals surface area contributed by atoms with Crippen LogP contribution in [0.15, 0.2) is 53.4 Å². The molecular formula is C22H26N2O3S. The van der Waals surface area contributed by atoms with Crippen molar-refractivity contribution in [2.24, 2.45) is 5.92 Å². The molecule has 1 amide bonds. The molecule has 6 heteroatoms. The summed E-state index contributed by atoms with van der Waals surface area (Å²) in [6.45, 7) is 3.60. The smallest absolute Gasteiger partial charge is 0.243 e. The number of hydrogen-bond acceptors (Lipinski definition) is 3. The molecular weight excluding hydrogens is 372 g/mol. The summed E-state index contributed by atoms with van der Waals surface area (Å²) in [6, 6.07) is 14.8. The van der Waals surface area contributed by atoms with E-state index < -0.39 is 10.0 Å². The highest BCUT2D eigenvalue weighted by Gasteiger charge is 2.35. The molecule has 28 heavy (non-hydrogen) atoms. The van der Waals surface area contributed by atoms with E-state index in [0.717, 1.165) is 25.1 Å². The molecule has 0 unspecified atom stereocenters. The number of amides is 1. The number of aryl methyl sites for hydroxylation is 2. The van der Waals surface area contributed by atoms with E-state index in [1.807, 2.05) is 11.0 Å². The molecule has 2 aliphatic heterocycles. The van der Waals surface area contributed by atoms with Crippen LogP contribution in [0.25, 0.3) is 0 Å². The van der Waals surface area contributed by atoms with Crippen molar-refractivity contribution < 1.29 is 13.2 Å². The van der Waals surface area contributed by atoms with E-state index in [2.05, 4.69) is 25.1 Å². The van der Waals surface area contributed by atoms with E-state index in [9.17, 15) is 13.2 Å². The molecule has 0 spiro atoms. The molecule has 2 aliphatic rings. The van der Waals surface area contributed by atoms with Crippen LogP contribution in [0, 0.1) is 12.8 Å². The van der Waals surface area contributed by atoms with Crippen LogP contribution >= 0.6 is 0 Å². The lowest BCUT2D eigenvalue weighted by molar-refractivity contribution is -0.123. The topological polar surface area (TPSA) is 57.7 Å². The average Bonchev–Trinajstić information content (AvgIpc) is 2.73. The van der Waals surface area contributed by atoms with E-state index in [1.165, 1.54) is 15.4 Å². The molecule has 1 fully saturated rings. The van der Waals surface area contributed by atoms with Crippen molar-refractivity contribution in [3.05, 3.63) is 59.7 Å². The Morgan fingerprint density at radius 2 is 1.71 bits per heavy atom. The number of hydrogen-bond donors (Lipinski definition) is 0.